The number of rotatable bonds is 3. The maximum atomic E-state index is 12.8. The van der Waals surface area contributed by atoms with Crippen LogP contribution in [0.5, 0.6) is 0 Å². The van der Waals surface area contributed by atoms with Crippen LogP contribution in [-0.2, 0) is 6.18 Å². The molecule has 10 heteroatoms. The molecule has 152 valence electrons. The number of hydrogen-bond acceptors (Lipinski definition) is 4. The third-order valence-electron chi connectivity index (χ3n) is 4.36. The Morgan fingerprint density at radius 2 is 1.90 bits per heavy atom. The minimum atomic E-state index is -4.57. The van der Waals surface area contributed by atoms with Crippen molar-refractivity contribution in [2.45, 2.75) is 13.1 Å². The predicted molar refractivity (Wildman–Crippen MR) is 114 cm³/mol. The molecule has 0 aliphatic carbocycles. The fourth-order valence-electron chi connectivity index (χ4n) is 2.91. The van der Waals surface area contributed by atoms with Gasteiger partial charge in [0.25, 0.3) is 5.91 Å². The van der Waals surface area contributed by atoms with Gasteiger partial charge in [-0.1, -0.05) is 12.1 Å². The van der Waals surface area contributed by atoms with Gasteiger partial charge in [-0.3, -0.25) is 4.79 Å². The van der Waals surface area contributed by atoms with E-state index in [0.717, 1.165) is 32.3 Å². The van der Waals surface area contributed by atoms with Crippen molar-refractivity contribution in [3.63, 3.8) is 0 Å². The van der Waals surface area contributed by atoms with Crippen LogP contribution in [0, 0.1) is 10.5 Å². The number of aromatic nitrogens is 4. The number of para-hydroxylation sites is 2. The quantitative estimate of drug-likeness (QED) is 0.362. The first kappa shape index (κ1) is 20.3. The van der Waals surface area contributed by atoms with Gasteiger partial charge in [-0.25, -0.2) is 15.0 Å². The molecule has 30 heavy (non-hydrogen) atoms. The van der Waals surface area contributed by atoms with E-state index < -0.39 is 17.8 Å². The first-order valence-corrected chi connectivity index (χ1v) is 9.77. The molecule has 0 aliphatic heterocycles. The number of nitrogens with one attached hydrogen (secondary N) is 2. The standard InChI is InChI=1S/C20H13F3IN5O/c1-10-11(6-7-16(26-10)20(21,22)23)19(30)29-17-8-12(13(24)9-25-17)18-27-14-4-2-3-5-15(14)28-18/h2-9H,1H3,(H,27,28)(H,25,29,30). The molecule has 3 aromatic heterocycles. The number of amides is 1. The number of benzene rings is 1. The summed E-state index contributed by atoms with van der Waals surface area (Å²) < 4.78 is 39.2. The maximum Gasteiger partial charge on any atom is 0.433 e. The second-order valence-electron chi connectivity index (χ2n) is 6.43. The summed E-state index contributed by atoms with van der Waals surface area (Å²) >= 11 is 2.12. The summed E-state index contributed by atoms with van der Waals surface area (Å²) in [5, 5.41) is 2.61. The van der Waals surface area contributed by atoms with E-state index in [1.807, 2.05) is 24.3 Å². The van der Waals surface area contributed by atoms with Crippen molar-refractivity contribution in [2.24, 2.45) is 0 Å². The Hall–Kier alpha value is -3.02. The third-order valence-corrected chi connectivity index (χ3v) is 5.22. The van der Waals surface area contributed by atoms with E-state index >= 15 is 0 Å². The van der Waals surface area contributed by atoms with Crippen LogP contribution >= 0.6 is 22.6 Å². The third kappa shape index (κ3) is 3.99. The highest BCUT2D eigenvalue weighted by molar-refractivity contribution is 14.1. The molecule has 6 nitrogen and oxygen atoms in total. The normalized spacial score (nSPS) is 11.6. The summed E-state index contributed by atoms with van der Waals surface area (Å²) in [5.74, 6) is 0.263. The Morgan fingerprint density at radius 3 is 2.60 bits per heavy atom. The average molecular weight is 523 g/mol. The molecule has 3 heterocycles. The Bertz CT molecular complexity index is 1240. The molecule has 0 atom stereocenters. The fourth-order valence-corrected chi connectivity index (χ4v) is 3.46. The summed E-state index contributed by atoms with van der Waals surface area (Å²) in [6.45, 7) is 1.35. The van der Waals surface area contributed by atoms with E-state index in [4.69, 9.17) is 0 Å². The van der Waals surface area contributed by atoms with Crippen molar-refractivity contribution in [1.82, 2.24) is 19.9 Å². The van der Waals surface area contributed by atoms with Gasteiger partial charge in [0.1, 0.15) is 17.3 Å². The summed E-state index contributed by atoms with van der Waals surface area (Å²) in [6, 6.07) is 11.1. The average Bonchev–Trinajstić information content (AvgIpc) is 3.12. The number of nitrogens with zero attached hydrogens (tertiary/aromatic N) is 3. The number of carbonyl (C=O) groups is 1. The second kappa shape index (κ2) is 7.67. The van der Waals surface area contributed by atoms with E-state index in [-0.39, 0.29) is 17.1 Å². The zero-order valence-electron chi connectivity index (χ0n) is 15.4. The topological polar surface area (TPSA) is 83.6 Å². The van der Waals surface area contributed by atoms with Gasteiger partial charge in [-0.15, -0.1) is 0 Å². The van der Waals surface area contributed by atoms with Crippen molar-refractivity contribution in [2.75, 3.05) is 5.32 Å². The number of H-pyrrole nitrogens is 1. The van der Waals surface area contributed by atoms with Gasteiger partial charge < -0.3 is 10.3 Å². The highest BCUT2D eigenvalue weighted by atomic mass is 127. The summed E-state index contributed by atoms with van der Waals surface area (Å²) in [5.41, 5.74) is 1.38. The van der Waals surface area contributed by atoms with Crippen molar-refractivity contribution in [3.8, 4) is 11.4 Å². The number of alkyl halides is 3. The van der Waals surface area contributed by atoms with Crippen molar-refractivity contribution in [3.05, 3.63) is 69.2 Å². The van der Waals surface area contributed by atoms with E-state index in [1.165, 1.54) is 6.92 Å². The van der Waals surface area contributed by atoms with Crippen molar-refractivity contribution in [1.29, 1.82) is 0 Å². The fraction of sp³-hybridized carbons (Fsp3) is 0.100. The lowest BCUT2D eigenvalue weighted by atomic mass is 10.1. The van der Waals surface area contributed by atoms with E-state index in [1.54, 1.807) is 12.3 Å². The lowest BCUT2D eigenvalue weighted by Gasteiger charge is -2.11. The van der Waals surface area contributed by atoms with Crippen LogP contribution in [-0.4, -0.2) is 25.8 Å². The number of hydrogen-bond donors (Lipinski definition) is 2. The minimum Gasteiger partial charge on any atom is -0.338 e. The monoisotopic (exact) mass is 523 g/mol. The van der Waals surface area contributed by atoms with E-state index in [2.05, 4.69) is 47.8 Å². The van der Waals surface area contributed by atoms with Crippen LogP contribution in [0.25, 0.3) is 22.4 Å². The van der Waals surface area contributed by atoms with Gasteiger partial charge in [-0.05, 0) is 59.8 Å². The van der Waals surface area contributed by atoms with E-state index in [9.17, 15) is 18.0 Å². The van der Waals surface area contributed by atoms with Gasteiger partial charge in [0.2, 0.25) is 0 Å². The minimum absolute atomic E-state index is 0.0228. The summed E-state index contributed by atoms with van der Waals surface area (Å²) in [6.07, 6.45) is -2.99. The van der Waals surface area contributed by atoms with Crippen molar-refractivity contribution >= 4 is 45.3 Å². The van der Waals surface area contributed by atoms with Gasteiger partial charge in [0.05, 0.1) is 22.3 Å². The largest absolute Gasteiger partial charge is 0.433 e. The number of aromatic amines is 1. The predicted octanol–water partition coefficient (Wildman–Crippen LogP) is 5.20. The van der Waals surface area contributed by atoms with Crippen LogP contribution in [0.3, 0.4) is 0 Å². The van der Waals surface area contributed by atoms with Crippen LogP contribution in [0.15, 0.2) is 48.7 Å². The molecule has 4 aromatic rings. The smallest absolute Gasteiger partial charge is 0.338 e. The lowest BCUT2D eigenvalue weighted by molar-refractivity contribution is -0.141. The number of fused-ring (bicyclic) bond motifs is 1. The summed E-state index contributed by atoms with van der Waals surface area (Å²) in [4.78, 5) is 28.0. The van der Waals surface area contributed by atoms with E-state index in [0.29, 0.717) is 5.82 Å². The molecule has 1 amide bonds. The Morgan fingerprint density at radius 1 is 1.13 bits per heavy atom. The summed E-state index contributed by atoms with van der Waals surface area (Å²) in [7, 11) is 0. The van der Waals surface area contributed by atoms with Crippen LogP contribution in [0.2, 0.25) is 0 Å². The highest BCUT2D eigenvalue weighted by Gasteiger charge is 2.33. The Kier molecular flexibility index (Phi) is 5.18. The first-order chi connectivity index (χ1) is 14.2. The van der Waals surface area contributed by atoms with Crippen LogP contribution in [0.4, 0.5) is 19.0 Å². The van der Waals surface area contributed by atoms with Crippen LogP contribution < -0.4 is 5.32 Å². The molecule has 0 aliphatic rings. The molecule has 2 N–H and O–H groups in total. The van der Waals surface area contributed by atoms with Gasteiger partial charge in [0, 0.05) is 15.3 Å². The number of carbonyl (C=O) groups excluding carboxylic acids is 1. The molecule has 1 aromatic carbocycles. The molecule has 0 bridgehead atoms. The van der Waals surface area contributed by atoms with Gasteiger partial charge in [0.15, 0.2) is 0 Å². The first-order valence-electron chi connectivity index (χ1n) is 8.69. The zero-order valence-corrected chi connectivity index (χ0v) is 17.5. The number of halogens is 4. The molecule has 4 rings (SSSR count). The lowest BCUT2D eigenvalue weighted by Crippen LogP contribution is -2.17. The number of aryl methyl sites for hydroxylation is 1. The number of imidazole rings is 1. The Labute approximate surface area is 182 Å². The zero-order chi connectivity index (χ0) is 21.5. The molecule has 0 saturated heterocycles. The molecule has 0 saturated carbocycles. The number of anilines is 1. The van der Waals surface area contributed by atoms with Crippen LogP contribution in [0.1, 0.15) is 21.7 Å². The SMILES string of the molecule is Cc1nc(C(F)(F)F)ccc1C(=O)Nc1cc(-c2nc3ccccc3[nH]2)c(I)cn1. The number of pyridine rings is 2. The molecule has 0 unspecified atom stereocenters. The molecule has 0 fully saturated rings. The molecule has 0 radical (unpaired) electrons. The Balaban J connectivity index is 1.63. The molecular formula is C20H13F3IN5O. The molecule has 0 spiro atoms. The van der Waals surface area contributed by atoms with Gasteiger partial charge >= 0.3 is 6.18 Å². The maximum absolute atomic E-state index is 12.8. The van der Waals surface area contributed by atoms with Gasteiger partial charge in [-0.2, -0.15) is 13.2 Å². The highest BCUT2D eigenvalue weighted by Crippen LogP contribution is 2.29. The second-order valence-corrected chi connectivity index (χ2v) is 7.60. The van der Waals surface area contributed by atoms with Crippen molar-refractivity contribution < 1.29 is 18.0 Å². The molecular weight excluding hydrogens is 510 g/mol.